The van der Waals surface area contributed by atoms with E-state index in [9.17, 15) is 14.4 Å². The maximum Gasteiger partial charge on any atom is 0.250 e. The van der Waals surface area contributed by atoms with Crippen LogP contribution in [0, 0.1) is 5.92 Å². The van der Waals surface area contributed by atoms with Gasteiger partial charge in [-0.15, -0.1) is 0 Å². The molecule has 4 rings (SSSR count). The molecule has 2 aliphatic rings. The van der Waals surface area contributed by atoms with E-state index in [2.05, 4.69) is 4.90 Å². The molecule has 1 fully saturated rings. The van der Waals surface area contributed by atoms with Crippen molar-refractivity contribution in [3.63, 3.8) is 0 Å². The van der Waals surface area contributed by atoms with Crippen molar-refractivity contribution in [2.75, 3.05) is 31.1 Å². The molecule has 0 radical (unpaired) electrons. The van der Waals surface area contributed by atoms with Gasteiger partial charge in [-0.25, -0.2) is 0 Å². The second-order valence-electron chi connectivity index (χ2n) is 8.49. The number of hydrogen-bond donors (Lipinski definition) is 0. The largest absolute Gasteiger partial charge is 0.312 e. The molecule has 2 aromatic rings. The van der Waals surface area contributed by atoms with Crippen LogP contribution in [0.4, 0.5) is 5.69 Å². The number of anilines is 1. The Morgan fingerprint density at radius 2 is 1.83 bits per heavy atom. The zero-order valence-electron chi connectivity index (χ0n) is 17.5. The van der Waals surface area contributed by atoms with E-state index in [0.29, 0.717) is 25.6 Å². The fourth-order valence-electron chi connectivity index (χ4n) is 4.92. The Labute approximate surface area is 177 Å². The molecule has 2 aliphatic heterocycles. The van der Waals surface area contributed by atoms with E-state index >= 15 is 0 Å². The van der Waals surface area contributed by atoms with Crippen molar-refractivity contribution in [2.45, 2.75) is 38.6 Å². The minimum atomic E-state index is -0.137. The number of piperidine rings is 1. The molecular formula is C24H29N3O3. The lowest BCUT2D eigenvalue weighted by Crippen LogP contribution is -2.48. The molecule has 3 heterocycles. The Balaban J connectivity index is 1.39. The Morgan fingerprint density at radius 3 is 2.60 bits per heavy atom. The number of carbonyl (C=O) groups is 2. The molecule has 158 valence electrons. The Kier molecular flexibility index (Phi) is 6.13. The van der Waals surface area contributed by atoms with Crippen LogP contribution in [-0.2, 0) is 16.1 Å². The number of amides is 1. The lowest BCUT2D eigenvalue weighted by atomic mass is 9.83. The molecule has 1 aromatic carbocycles. The topological polar surface area (TPSA) is 62.6 Å². The Morgan fingerprint density at radius 1 is 1.03 bits per heavy atom. The number of benzene rings is 1. The summed E-state index contributed by atoms with van der Waals surface area (Å²) >= 11 is 0. The van der Waals surface area contributed by atoms with Gasteiger partial charge in [-0.2, -0.15) is 0 Å². The van der Waals surface area contributed by atoms with E-state index in [1.54, 1.807) is 11.0 Å². The van der Waals surface area contributed by atoms with Crippen LogP contribution in [0.2, 0.25) is 0 Å². The van der Waals surface area contributed by atoms with Crippen LogP contribution in [0.1, 0.15) is 37.8 Å². The Hall–Kier alpha value is -2.73. The molecule has 0 N–H and O–H groups in total. The number of hydrogen-bond acceptors (Lipinski definition) is 4. The molecule has 0 saturated carbocycles. The summed E-state index contributed by atoms with van der Waals surface area (Å²) in [5.74, 6) is 0.473. The minimum absolute atomic E-state index is 0.0394. The van der Waals surface area contributed by atoms with Crippen LogP contribution in [0.25, 0.3) is 0 Å². The van der Waals surface area contributed by atoms with Gasteiger partial charge in [0, 0.05) is 49.5 Å². The molecule has 1 aromatic heterocycles. The van der Waals surface area contributed by atoms with Crippen molar-refractivity contribution in [1.82, 2.24) is 9.47 Å². The number of para-hydroxylation sites is 1. The first-order chi connectivity index (χ1) is 14.5. The number of carbonyl (C=O) groups excluding carboxylic acids is 2. The molecule has 2 atom stereocenters. The number of likely N-dealkylation sites (tertiary alicyclic amines) is 1. The highest BCUT2D eigenvalue weighted by atomic mass is 16.2. The van der Waals surface area contributed by atoms with Gasteiger partial charge in [-0.3, -0.25) is 19.3 Å². The third-order valence-electron chi connectivity index (χ3n) is 6.12. The summed E-state index contributed by atoms with van der Waals surface area (Å²) in [5, 5.41) is 0. The fourth-order valence-corrected chi connectivity index (χ4v) is 4.92. The van der Waals surface area contributed by atoms with Gasteiger partial charge in [0.05, 0.1) is 13.0 Å². The van der Waals surface area contributed by atoms with Crippen LogP contribution in [-0.4, -0.2) is 47.3 Å². The lowest BCUT2D eigenvalue weighted by Gasteiger charge is -2.42. The molecule has 6 heteroatoms. The van der Waals surface area contributed by atoms with Crippen LogP contribution in [0.5, 0.6) is 0 Å². The van der Waals surface area contributed by atoms with Gasteiger partial charge in [0.2, 0.25) is 5.91 Å². The molecule has 2 bridgehead atoms. The molecule has 6 nitrogen and oxygen atoms in total. The first-order valence-electron chi connectivity index (χ1n) is 10.8. The van der Waals surface area contributed by atoms with Crippen molar-refractivity contribution < 1.29 is 9.59 Å². The third-order valence-corrected chi connectivity index (χ3v) is 6.12. The molecule has 0 unspecified atom stereocenters. The predicted octanol–water partition coefficient (Wildman–Crippen LogP) is 2.67. The monoisotopic (exact) mass is 407 g/mol. The standard InChI is InChI=1S/C24H29N3O3/c1-2-11-26(20-7-4-3-5-8-20)24(30)13-21(28)17-25-14-18-12-19(16-25)22-9-6-10-23(29)27(22)15-18/h3-10,18-19H,2,11-17H2,1H3/t18-,19+/m0/s1. The number of Topliss-reactive ketones (excluding diaryl/α,β-unsaturated/α-hetero) is 1. The average Bonchev–Trinajstić information content (AvgIpc) is 2.73. The molecular weight excluding hydrogens is 378 g/mol. The summed E-state index contributed by atoms with van der Waals surface area (Å²) in [4.78, 5) is 41.6. The Bertz CT molecular complexity index is 969. The third kappa shape index (κ3) is 4.38. The van der Waals surface area contributed by atoms with Crippen LogP contribution in [0.15, 0.2) is 53.3 Å². The SMILES string of the molecule is CCCN(C(=O)CC(=O)CN1C[C@@H]2C[C@H](C1)c1cccc(=O)n1C2)c1ccccc1. The highest BCUT2D eigenvalue weighted by Crippen LogP contribution is 2.34. The maximum atomic E-state index is 12.8. The van der Waals surface area contributed by atoms with Crippen molar-refractivity contribution in [3.8, 4) is 0 Å². The minimum Gasteiger partial charge on any atom is -0.312 e. The summed E-state index contributed by atoms with van der Waals surface area (Å²) in [7, 11) is 0. The number of pyridine rings is 1. The van der Waals surface area contributed by atoms with E-state index in [1.807, 2.05) is 54.0 Å². The molecule has 1 amide bonds. The van der Waals surface area contributed by atoms with E-state index in [-0.39, 0.29) is 29.6 Å². The van der Waals surface area contributed by atoms with Crippen molar-refractivity contribution >= 4 is 17.4 Å². The van der Waals surface area contributed by atoms with Crippen LogP contribution >= 0.6 is 0 Å². The second kappa shape index (κ2) is 8.96. The molecule has 30 heavy (non-hydrogen) atoms. The van der Waals surface area contributed by atoms with Gasteiger partial charge in [-0.1, -0.05) is 31.2 Å². The average molecular weight is 408 g/mol. The van der Waals surface area contributed by atoms with E-state index in [0.717, 1.165) is 37.3 Å². The highest BCUT2D eigenvalue weighted by Gasteiger charge is 2.35. The normalized spacial score (nSPS) is 20.4. The molecule has 0 aliphatic carbocycles. The maximum absolute atomic E-state index is 12.8. The summed E-state index contributed by atoms with van der Waals surface area (Å²) in [6, 6.07) is 15.0. The first-order valence-corrected chi connectivity index (χ1v) is 10.8. The van der Waals surface area contributed by atoms with E-state index in [4.69, 9.17) is 0 Å². The van der Waals surface area contributed by atoms with Gasteiger partial charge in [-0.05, 0) is 37.0 Å². The van der Waals surface area contributed by atoms with Crippen LogP contribution in [0.3, 0.4) is 0 Å². The quantitative estimate of drug-likeness (QED) is 0.662. The number of nitrogens with zero attached hydrogens (tertiary/aromatic N) is 3. The summed E-state index contributed by atoms with van der Waals surface area (Å²) in [5.41, 5.74) is 1.98. The number of ketones is 1. The number of rotatable bonds is 7. The van der Waals surface area contributed by atoms with Gasteiger partial charge in [0.1, 0.15) is 0 Å². The lowest BCUT2D eigenvalue weighted by molar-refractivity contribution is -0.127. The van der Waals surface area contributed by atoms with Crippen molar-refractivity contribution in [1.29, 1.82) is 0 Å². The zero-order valence-corrected chi connectivity index (χ0v) is 17.5. The highest BCUT2D eigenvalue weighted by molar-refractivity contribution is 6.06. The predicted molar refractivity (Wildman–Crippen MR) is 117 cm³/mol. The fraction of sp³-hybridized carbons (Fsp3) is 0.458. The number of fused-ring (bicyclic) bond motifs is 4. The molecule has 1 saturated heterocycles. The zero-order chi connectivity index (χ0) is 21.1. The molecule has 0 spiro atoms. The van der Waals surface area contributed by atoms with Gasteiger partial charge < -0.3 is 9.47 Å². The van der Waals surface area contributed by atoms with Crippen LogP contribution < -0.4 is 10.5 Å². The van der Waals surface area contributed by atoms with Gasteiger partial charge in [0.15, 0.2) is 5.78 Å². The van der Waals surface area contributed by atoms with Gasteiger partial charge in [0.25, 0.3) is 5.56 Å². The smallest absolute Gasteiger partial charge is 0.250 e. The number of aromatic nitrogens is 1. The van der Waals surface area contributed by atoms with Gasteiger partial charge >= 0.3 is 0 Å². The second-order valence-corrected chi connectivity index (χ2v) is 8.49. The summed E-state index contributed by atoms with van der Waals surface area (Å²) < 4.78 is 1.89. The van der Waals surface area contributed by atoms with Crippen molar-refractivity contribution in [3.05, 3.63) is 64.6 Å². The first kappa shape index (κ1) is 20.5. The summed E-state index contributed by atoms with van der Waals surface area (Å²) in [6.07, 6.45) is 1.82. The van der Waals surface area contributed by atoms with E-state index < -0.39 is 0 Å². The van der Waals surface area contributed by atoms with Crippen molar-refractivity contribution in [2.24, 2.45) is 5.92 Å². The van der Waals surface area contributed by atoms with E-state index in [1.165, 1.54) is 0 Å². The summed E-state index contributed by atoms with van der Waals surface area (Å²) in [6.45, 7) is 5.21.